The van der Waals surface area contributed by atoms with E-state index in [1.54, 1.807) is 6.33 Å². The largest absolute Gasteiger partial charge is 0.486 e. The van der Waals surface area contributed by atoms with Crippen molar-refractivity contribution >= 4 is 46.8 Å². The second kappa shape index (κ2) is 10.1. The number of rotatable bonds is 8. The van der Waals surface area contributed by atoms with Gasteiger partial charge in [0.25, 0.3) is 0 Å². The van der Waals surface area contributed by atoms with Gasteiger partial charge >= 0.3 is 0 Å². The second-order valence-corrected chi connectivity index (χ2v) is 9.60. The molecule has 0 spiro atoms. The zero-order valence-electron chi connectivity index (χ0n) is 20.2. The maximum Gasteiger partial charge on any atom is 0.246 e. The number of H-pyrrole nitrogens is 1. The maximum absolute atomic E-state index is 12.4. The molecule has 0 unspecified atom stereocenters. The van der Waals surface area contributed by atoms with Gasteiger partial charge in [-0.25, -0.2) is 9.97 Å². The number of hydrogen-bond donors (Lipinski definition) is 2. The summed E-state index contributed by atoms with van der Waals surface area (Å²) in [6, 6.07) is 6.03. The molecule has 3 atom stereocenters. The maximum atomic E-state index is 12.4. The van der Waals surface area contributed by atoms with Gasteiger partial charge in [-0.2, -0.15) is 0 Å². The number of nitrogens with one attached hydrogen (secondary N) is 2. The lowest BCUT2D eigenvalue weighted by atomic mass is 9.85. The van der Waals surface area contributed by atoms with E-state index in [2.05, 4.69) is 38.6 Å². The SMILES string of the molecule is C=CC(=O)N1[C@@H]2CC[C@H]1C[C@@H](c1c[nH]c3ncnc(Nc4ccc(OC/C(=C/C)N=C)c(Cl)c4)c13)C2. The zero-order valence-corrected chi connectivity index (χ0v) is 21.0. The molecule has 2 aliphatic rings. The average molecular weight is 505 g/mol. The van der Waals surface area contributed by atoms with Crippen LogP contribution in [0.4, 0.5) is 11.5 Å². The minimum Gasteiger partial charge on any atom is -0.486 e. The molecule has 4 heterocycles. The number of halogens is 1. The summed E-state index contributed by atoms with van der Waals surface area (Å²) in [5, 5.41) is 4.86. The average Bonchev–Trinajstić information content (AvgIpc) is 3.44. The lowest BCUT2D eigenvalue weighted by molar-refractivity contribution is -0.130. The van der Waals surface area contributed by atoms with Gasteiger partial charge in [-0.15, -0.1) is 0 Å². The van der Waals surface area contributed by atoms with Crippen LogP contribution in [-0.4, -0.2) is 51.2 Å². The fourth-order valence-electron chi connectivity index (χ4n) is 5.50. The highest BCUT2D eigenvalue weighted by Gasteiger charge is 2.43. The molecule has 5 rings (SSSR count). The van der Waals surface area contributed by atoms with Crippen molar-refractivity contribution in [1.82, 2.24) is 19.9 Å². The van der Waals surface area contributed by atoms with Crippen LogP contribution < -0.4 is 10.1 Å². The van der Waals surface area contributed by atoms with Gasteiger partial charge in [-0.05, 0) is 75.1 Å². The highest BCUT2D eigenvalue weighted by molar-refractivity contribution is 6.32. The quantitative estimate of drug-likeness (QED) is 0.300. The van der Waals surface area contributed by atoms with Gasteiger partial charge < -0.3 is 19.9 Å². The smallest absolute Gasteiger partial charge is 0.246 e. The first-order chi connectivity index (χ1) is 17.5. The Morgan fingerprint density at radius 3 is 2.78 bits per heavy atom. The molecule has 186 valence electrons. The van der Waals surface area contributed by atoms with Crippen molar-refractivity contribution < 1.29 is 9.53 Å². The number of nitrogens with zero attached hydrogens (tertiary/aromatic N) is 4. The molecule has 2 saturated heterocycles. The molecule has 8 nitrogen and oxygen atoms in total. The molecule has 3 aromatic rings. The fourth-order valence-corrected chi connectivity index (χ4v) is 5.74. The molecule has 2 bridgehead atoms. The predicted molar refractivity (Wildman–Crippen MR) is 143 cm³/mol. The summed E-state index contributed by atoms with van der Waals surface area (Å²) in [5.41, 5.74) is 3.49. The molecule has 1 amide bonds. The Hall–Kier alpha value is -3.65. The van der Waals surface area contributed by atoms with Crippen LogP contribution in [0.5, 0.6) is 5.75 Å². The standard InChI is InChI=1S/C27H29ClN6O2/c1-4-17(29-3)14-36-23-9-6-18(12-22(23)28)33-27-25-21(13-30-26(25)31-15-32-27)16-10-19-7-8-20(11-16)34(19)24(35)5-2/h4-6,9,12-13,15-16,19-20H,2-3,7-8,10-11,14H2,1H3,(H2,30,31,32,33)/b17-4-/t16-,19+,20-. The molecular formula is C27H29ClN6O2. The van der Waals surface area contributed by atoms with Crippen molar-refractivity contribution in [2.75, 3.05) is 11.9 Å². The van der Waals surface area contributed by atoms with Gasteiger partial charge in [0.05, 0.1) is 16.1 Å². The third kappa shape index (κ3) is 4.48. The van der Waals surface area contributed by atoms with Crippen LogP contribution in [0.2, 0.25) is 5.02 Å². The van der Waals surface area contributed by atoms with Crippen molar-refractivity contribution in [2.24, 2.45) is 4.99 Å². The summed E-state index contributed by atoms with van der Waals surface area (Å²) in [4.78, 5) is 30.6. The summed E-state index contributed by atoms with van der Waals surface area (Å²) >= 11 is 6.50. The van der Waals surface area contributed by atoms with Crippen molar-refractivity contribution in [2.45, 2.75) is 50.6 Å². The van der Waals surface area contributed by atoms with Crippen LogP contribution in [0.3, 0.4) is 0 Å². The zero-order chi connectivity index (χ0) is 25.2. The van der Waals surface area contributed by atoms with E-state index in [0.29, 0.717) is 29.1 Å². The van der Waals surface area contributed by atoms with Gasteiger partial charge in [0.15, 0.2) is 0 Å². The number of anilines is 2. The Morgan fingerprint density at radius 2 is 2.11 bits per heavy atom. The van der Waals surface area contributed by atoms with Gasteiger partial charge in [0, 0.05) is 24.0 Å². The molecule has 36 heavy (non-hydrogen) atoms. The number of allylic oxidation sites excluding steroid dienone is 1. The van der Waals surface area contributed by atoms with Crippen LogP contribution in [0, 0.1) is 0 Å². The monoisotopic (exact) mass is 504 g/mol. The number of hydrogen-bond acceptors (Lipinski definition) is 6. The number of fused-ring (bicyclic) bond motifs is 3. The summed E-state index contributed by atoms with van der Waals surface area (Å²) < 4.78 is 5.78. The van der Waals surface area contributed by atoms with Crippen molar-refractivity contribution in [3.63, 3.8) is 0 Å². The summed E-state index contributed by atoms with van der Waals surface area (Å²) in [6.45, 7) is 9.40. The fraction of sp³-hybridized carbons (Fsp3) is 0.333. The van der Waals surface area contributed by atoms with Gasteiger partial charge in [0.1, 0.15) is 30.1 Å². The van der Waals surface area contributed by atoms with E-state index in [4.69, 9.17) is 16.3 Å². The topological polar surface area (TPSA) is 95.5 Å². The number of piperidine rings is 1. The normalized spacial score (nSPS) is 21.4. The van der Waals surface area contributed by atoms with Crippen LogP contribution in [0.1, 0.15) is 44.1 Å². The number of amides is 1. The molecule has 2 aromatic heterocycles. The Labute approximate surface area is 215 Å². The summed E-state index contributed by atoms with van der Waals surface area (Å²) in [7, 11) is 0. The summed E-state index contributed by atoms with van der Waals surface area (Å²) in [5.74, 6) is 1.63. The Kier molecular flexibility index (Phi) is 6.78. The lowest BCUT2D eigenvalue weighted by Crippen LogP contribution is -2.45. The third-order valence-electron chi connectivity index (χ3n) is 7.21. The number of carbonyl (C=O) groups is 1. The number of aromatic nitrogens is 3. The van der Waals surface area contributed by atoms with Crippen molar-refractivity contribution in [3.8, 4) is 5.75 Å². The van der Waals surface area contributed by atoms with Crippen molar-refractivity contribution in [1.29, 1.82) is 0 Å². The predicted octanol–water partition coefficient (Wildman–Crippen LogP) is 5.76. The van der Waals surface area contributed by atoms with Crippen LogP contribution >= 0.6 is 11.6 Å². The van der Waals surface area contributed by atoms with Gasteiger partial charge in [-0.1, -0.05) is 24.3 Å². The van der Waals surface area contributed by atoms with E-state index in [-0.39, 0.29) is 18.0 Å². The van der Waals surface area contributed by atoms with E-state index >= 15 is 0 Å². The van der Waals surface area contributed by atoms with Gasteiger partial charge in [-0.3, -0.25) is 9.79 Å². The number of carbonyl (C=O) groups excluding carboxylic acids is 1. The molecule has 2 N–H and O–H groups in total. The third-order valence-corrected chi connectivity index (χ3v) is 7.50. The summed E-state index contributed by atoms with van der Waals surface area (Å²) in [6.07, 6.45) is 10.8. The molecule has 1 aromatic carbocycles. The second-order valence-electron chi connectivity index (χ2n) is 9.19. The molecular weight excluding hydrogens is 476 g/mol. The highest BCUT2D eigenvalue weighted by atomic mass is 35.5. The molecule has 0 saturated carbocycles. The van der Waals surface area contributed by atoms with E-state index in [1.165, 1.54) is 11.6 Å². The molecule has 2 fully saturated rings. The van der Waals surface area contributed by atoms with E-state index in [9.17, 15) is 4.79 Å². The number of aromatic amines is 1. The highest BCUT2D eigenvalue weighted by Crippen LogP contribution is 2.45. The van der Waals surface area contributed by atoms with Crippen LogP contribution in [0.15, 0.2) is 60.1 Å². The molecule has 0 aliphatic carbocycles. The number of benzene rings is 1. The first kappa shape index (κ1) is 24.1. The molecule has 2 aliphatic heterocycles. The van der Waals surface area contributed by atoms with Crippen LogP contribution in [-0.2, 0) is 4.79 Å². The van der Waals surface area contributed by atoms with E-state index < -0.39 is 0 Å². The Bertz CT molecular complexity index is 1340. The van der Waals surface area contributed by atoms with E-state index in [0.717, 1.165) is 48.1 Å². The lowest BCUT2D eigenvalue weighted by Gasteiger charge is -2.38. The minimum absolute atomic E-state index is 0.0394. The number of ether oxygens (including phenoxy) is 1. The van der Waals surface area contributed by atoms with Crippen LogP contribution in [0.25, 0.3) is 11.0 Å². The Balaban J connectivity index is 1.38. The number of aliphatic imine (C=N–C) groups is 1. The minimum atomic E-state index is 0.0394. The van der Waals surface area contributed by atoms with Gasteiger partial charge in [0.2, 0.25) is 5.91 Å². The first-order valence-corrected chi connectivity index (χ1v) is 12.5. The van der Waals surface area contributed by atoms with Crippen molar-refractivity contribution in [3.05, 3.63) is 65.7 Å². The molecule has 9 heteroatoms. The molecule has 0 radical (unpaired) electrons. The van der Waals surface area contributed by atoms with E-state index in [1.807, 2.05) is 42.3 Å². The Morgan fingerprint density at radius 1 is 1.33 bits per heavy atom. The first-order valence-electron chi connectivity index (χ1n) is 12.1.